The minimum atomic E-state index is -0.850. The van der Waals surface area contributed by atoms with Gasteiger partial charge in [-0.2, -0.15) is 0 Å². The first-order valence-corrected chi connectivity index (χ1v) is 7.76. The monoisotopic (exact) mass is 225 g/mol. The van der Waals surface area contributed by atoms with Crippen LogP contribution in [0.3, 0.4) is 0 Å². The smallest absolute Gasteiger partial charge is 0.103 e. The first-order valence-electron chi connectivity index (χ1n) is 5.76. The third-order valence-electron chi connectivity index (χ3n) is 2.66. The Morgan fingerprint density at radius 2 is 1.80 bits per heavy atom. The molecule has 0 aliphatic carbocycles. The average molecular weight is 225 g/mol. The zero-order valence-electron chi connectivity index (χ0n) is 9.90. The Balaban J connectivity index is 2.39. The van der Waals surface area contributed by atoms with E-state index in [4.69, 9.17) is 5.73 Å². The van der Waals surface area contributed by atoms with E-state index in [1.807, 2.05) is 6.92 Å². The second kappa shape index (κ2) is 6.22. The van der Waals surface area contributed by atoms with Crippen molar-refractivity contribution >= 4 is 8.80 Å². The molecule has 0 saturated heterocycles. The van der Waals surface area contributed by atoms with Crippen LogP contribution >= 0.6 is 0 Å². The number of hydrogen-bond acceptors (Lipinski definition) is 3. The molecule has 0 saturated carbocycles. The van der Waals surface area contributed by atoms with E-state index < -0.39 is 8.80 Å². The fraction of sp³-hybridized carbons (Fsp3) is 0.636. The lowest BCUT2D eigenvalue weighted by Gasteiger charge is -2.26. The summed E-state index contributed by atoms with van der Waals surface area (Å²) in [5.74, 6) is 0. The van der Waals surface area contributed by atoms with Crippen LogP contribution in [0.2, 0.25) is 0 Å². The quantitative estimate of drug-likeness (QED) is 0.457. The Bertz CT molecular complexity index is 226. The van der Waals surface area contributed by atoms with Crippen molar-refractivity contribution in [2.75, 3.05) is 0 Å². The molecule has 0 radical (unpaired) electrons. The van der Waals surface area contributed by atoms with Gasteiger partial charge in [0.1, 0.15) is 8.80 Å². The fourth-order valence-electron chi connectivity index (χ4n) is 1.98. The number of nitrogens with two attached hydrogens (primary N) is 1. The lowest BCUT2D eigenvalue weighted by Crippen LogP contribution is -2.54. The summed E-state index contributed by atoms with van der Waals surface area (Å²) in [5.41, 5.74) is 11.1. The van der Waals surface area contributed by atoms with Gasteiger partial charge in [0.25, 0.3) is 0 Å². The topological polar surface area (TPSA) is 50.1 Å². The predicted octanol–water partition coefficient (Wildman–Crippen LogP) is 0.566. The van der Waals surface area contributed by atoms with E-state index in [1.165, 1.54) is 6.42 Å². The summed E-state index contributed by atoms with van der Waals surface area (Å²) in [6, 6.07) is 0. The second-order valence-electron chi connectivity index (χ2n) is 4.21. The molecule has 0 fully saturated rings. The molecule has 0 aromatic heterocycles. The van der Waals surface area contributed by atoms with Gasteiger partial charge >= 0.3 is 0 Å². The molecule has 86 valence electrons. The molecule has 0 amide bonds. The van der Waals surface area contributed by atoms with Crippen molar-refractivity contribution < 1.29 is 0 Å². The van der Waals surface area contributed by atoms with Crippen molar-refractivity contribution in [3.8, 4) is 0 Å². The van der Waals surface area contributed by atoms with Gasteiger partial charge in [-0.3, -0.25) is 5.32 Å². The molecular formula is C11H23N3Si. The molecule has 1 rings (SSSR count). The molecule has 0 aromatic rings. The van der Waals surface area contributed by atoms with Crippen LogP contribution in [0.5, 0.6) is 0 Å². The van der Waals surface area contributed by atoms with Gasteiger partial charge in [0, 0.05) is 5.67 Å². The number of hydrogen-bond donors (Lipinski definition) is 3. The second-order valence-corrected chi connectivity index (χ2v) is 6.93. The fourth-order valence-corrected chi connectivity index (χ4v) is 4.47. The van der Waals surface area contributed by atoms with Crippen LogP contribution in [-0.4, -0.2) is 26.8 Å². The first kappa shape index (κ1) is 12.6. The summed E-state index contributed by atoms with van der Waals surface area (Å²) in [5, 5.41) is 6.88. The van der Waals surface area contributed by atoms with Crippen LogP contribution in [0.1, 0.15) is 27.2 Å². The Morgan fingerprint density at radius 3 is 2.27 bits per heavy atom. The lowest BCUT2D eigenvalue weighted by molar-refractivity contribution is 0.394. The summed E-state index contributed by atoms with van der Waals surface area (Å²) in [4.78, 5) is 0. The van der Waals surface area contributed by atoms with Crippen LogP contribution in [0.25, 0.3) is 0 Å². The largest absolute Gasteiger partial charge is 0.316 e. The van der Waals surface area contributed by atoms with Gasteiger partial charge in [-0.1, -0.05) is 30.5 Å². The average Bonchev–Trinajstić information content (AvgIpc) is 2.65. The molecule has 15 heavy (non-hydrogen) atoms. The van der Waals surface area contributed by atoms with Gasteiger partial charge < -0.3 is 11.1 Å². The van der Waals surface area contributed by atoms with Crippen LogP contribution in [0.4, 0.5) is 0 Å². The molecule has 1 aliphatic heterocycles. The molecule has 0 spiro atoms. The summed E-state index contributed by atoms with van der Waals surface area (Å²) in [6.45, 7) is 6.33. The molecule has 0 bridgehead atoms. The molecule has 3 unspecified atom stereocenters. The highest BCUT2D eigenvalue weighted by Crippen LogP contribution is 2.07. The first-order chi connectivity index (χ1) is 7.13. The van der Waals surface area contributed by atoms with Gasteiger partial charge in [-0.05, 0) is 20.3 Å². The van der Waals surface area contributed by atoms with Crippen molar-refractivity contribution in [2.24, 2.45) is 5.73 Å². The Morgan fingerprint density at radius 1 is 1.20 bits per heavy atom. The van der Waals surface area contributed by atoms with Crippen molar-refractivity contribution in [3.63, 3.8) is 0 Å². The third-order valence-corrected chi connectivity index (χ3v) is 5.59. The highest BCUT2D eigenvalue weighted by atomic mass is 28.3. The van der Waals surface area contributed by atoms with Gasteiger partial charge in [0.15, 0.2) is 0 Å². The van der Waals surface area contributed by atoms with Gasteiger partial charge in [-0.25, -0.2) is 0 Å². The highest BCUT2D eigenvalue weighted by molar-refractivity contribution is 6.71. The van der Waals surface area contributed by atoms with E-state index >= 15 is 0 Å². The summed E-state index contributed by atoms with van der Waals surface area (Å²) in [7, 11) is -0.850. The molecule has 1 aliphatic rings. The minimum absolute atomic E-state index is 0.0429. The van der Waals surface area contributed by atoms with Crippen LogP contribution < -0.4 is 16.4 Å². The maximum Gasteiger partial charge on any atom is 0.103 e. The molecule has 3 nitrogen and oxygen atoms in total. The number of nitrogens with one attached hydrogen (secondary N) is 2. The van der Waals surface area contributed by atoms with Gasteiger partial charge in [-0.15, -0.1) is 0 Å². The summed E-state index contributed by atoms with van der Waals surface area (Å²) in [6.07, 6.45) is 5.85. The molecular weight excluding hydrogens is 202 g/mol. The molecule has 0 aromatic carbocycles. The molecule has 4 N–H and O–H groups in total. The van der Waals surface area contributed by atoms with Crippen LogP contribution in [-0.2, 0) is 0 Å². The number of allylic oxidation sites excluding steroid dienone is 2. The van der Waals surface area contributed by atoms with E-state index in [-0.39, 0.29) is 12.3 Å². The SMILES string of the molecule is CCC(NC(C)NC(C)N)[SiH]1C=CC=C1. The predicted molar refractivity (Wildman–Crippen MR) is 68.9 cm³/mol. The standard InChI is InChI=1S/C11H23N3Si/c1-4-11(15-7-5-6-8-15)14-10(3)13-9(2)12/h5-11,13-15H,4,12H2,1-3H3. The van der Waals surface area contributed by atoms with Crippen LogP contribution in [0.15, 0.2) is 23.6 Å². The maximum absolute atomic E-state index is 5.70. The van der Waals surface area contributed by atoms with E-state index in [1.54, 1.807) is 0 Å². The lowest BCUT2D eigenvalue weighted by atomic mass is 10.4. The number of rotatable bonds is 6. The molecule has 3 atom stereocenters. The Hall–Kier alpha value is -0.423. The Kier molecular flexibility index (Phi) is 5.25. The molecule has 1 heterocycles. The van der Waals surface area contributed by atoms with Crippen molar-refractivity contribution in [2.45, 2.75) is 45.2 Å². The van der Waals surface area contributed by atoms with Crippen molar-refractivity contribution in [3.05, 3.63) is 23.6 Å². The molecule has 4 heteroatoms. The van der Waals surface area contributed by atoms with E-state index in [9.17, 15) is 0 Å². The third kappa shape index (κ3) is 4.30. The Labute approximate surface area is 94.4 Å². The van der Waals surface area contributed by atoms with E-state index in [0.717, 1.165) is 0 Å². The summed E-state index contributed by atoms with van der Waals surface area (Å²) >= 11 is 0. The maximum atomic E-state index is 5.70. The van der Waals surface area contributed by atoms with Gasteiger partial charge in [0.2, 0.25) is 0 Å². The van der Waals surface area contributed by atoms with E-state index in [0.29, 0.717) is 5.67 Å². The van der Waals surface area contributed by atoms with Crippen molar-refractivity contribution in [1.82, 2.24) is 10.6 Å². The normalized spacial score (nSPS) is 21.9. The minimum Gasteiger partial charge on any atom is -0.316 e. The van der Waals surface area contributed by atoms with E-state index in [2.05, 4.69) is 48.0 Å². The van der Waals surface area contributed by atoms with Gasteiger partial charge in [0.05, 0.1) is 12.3 Å². The zero-order valence-corrected chi connectivity index (χ0v) is 11.1. The summed E-state index contributed by atoms with van der Waals surface area (Å²) < 4.78 is 0. The van der Waals surface area contributed by atoms with Crippen LogP contribution in [0, 0.1) is 0 Å². The zero-order chi connectivity index (χ0) is 11.3. The highest BCUT2D eigenvalue weighted by Gasteiger charge is 2.19. The van der Waals surface area contributed by atoms with Crippen molar-refractivity contribution in [1.29, 1.82) is 0 Å².